The molecule has 1 heterocycles. The van der Waals surface area contributed by atoms with E-state index in [-0.39, 0.29) is 11.8 Å². The second-order valence-electron chi connectivity index (χ2n) is 4.47. The normalized spacial score (nSPS) is 20.8. The van der Waals surface area contributed by atoms with Gasteiger partial charge in [-0.3, -0.25) is 0 Å². The molecule has 1 atom stereocenters. The van der Waals surface area contributed by atoms with Crippen LogP contribution in [0.15, 0.2) is 24.3 Å². The zero-order chi connectivity index (χ0) is 13.2. The Morgan fingerprint density at radius 1 is 1.39 bits per heavy atom. The van der Waals surface area contributed by atoms with Crippen LogP contribution in [0.2, 0.25) is 0 Å². The third-order valence-electron chi connectivity index (χ3n) is 3.01. The maximum absolute atomic E-state index is 12.1. The van der Waals surface area contributed by atoms with E-state index in [9.17, 15) is 8.42 Å². The van der Waals surface area contributed by atoms with E-state index in [0.29, 0.717) is 30.6 Å². The van der Waals surface area contributed by atoms with Gasteiger partial charge in [-0.05, 0) is 24.1 Å². The zero-order valence-corrected chi connectivity index (χ0v) is 10.7. The van der Waals surface area contributed by atoms with E-state index in [4.69, 9.17) is 11.0 Å². The molecular weight excluding hydrogens is 250 g/mol. The Labute approximate surface area is 107 Å². The lowest BCUT2D eigenvalue weighted by atomic mass is 10.2. The maximum atomic E-state index is 12.1. The smallest absolute Gasteiger partial charge is 0.218 e. The van der Waals surface area contributed by atoms with Crippen LogP contribution >= 0.6 is 0 Å². The summed E-state index contributed by atoms with van der Waals surface area (Å²) in [6.07, 6.45) is 0.715. The van der Waals surface area contributed by atoms with Crippen LogP contribution in [0, 0.1) is 11.3 Å². The molecule has 1 fully saturated rings. The lowest BCUT2D eigenvalue weighted by Crippen LogP contribution is -2.32. The largest absolute Gasteiger partial charge is 0.326 e. The standard InChI is InChI=1S/C12H15N3O2S/c13-7-10-1-3-11(4-2-10)9-18(16,17)15-6-5-12(14)8-15/h1-4,12H,5-6,8-9,14H2/t12-/m1/s1. The highest BCUT2D eigenvalue weighted by Gasteiger charge is 2.29. The Balaban J connectivity index is 2.10. The van der Waals surface area contributed by atoms with E-state index in [0.717, 1.165) is 0 Å². The van der Waals surface area contributed by atoms with E-state index in [1.807, 2.05) is 6.07 Å². The number of nitrogens with two attached hydrogens (primary N) is 1. The van der Waals surface area contributed by atoms with E-state index < -0.39 is 10.0 Å². The van der Waals surface area contributed by atoms with E-state index in [1.54, 1.807) is 24.3 Å². The van der Waals surface area contributed by atoms with Crippen LogP contribution in [0.3, 0.4) is 0 Å². The molecule has 6 heteroatoms. The highest BCUT2D eigenvalue weighted by molar-refractivity contribution is 7.88. The van der Waals surface area contributed by atoms with Gasteiger partial charge in [0.1, 0.15) is 0 Å². The van der Waals surface area contributed by atoms with Crippen LogP contribution in [0.1, 0.15) is 17.5 Å². The predicted octanol–water partition coefficient (Wildman–Crippen LogP) is 0.421. The summed E-state index contributed by atoms with van der Waals surface area (Å²) in [6.45, 7) is 0.901. The number of hydrogen-bond acceptors (Lipinski definition) is 4. The molecule has 0 saturated carbocycles. The minimum Gasteiger partial charge on any atom is -0.326 e. The molecule has 1 aromatic carbocycles. The van der Waals surface area contributed by atoms with E-state index in [1.165, 1.54) is 4.31 Å². The fraction of sp³-hybridized carbons (Fsp3) is 0.417. The molecule has 0 spiro atoms. The third kappa shape index (κ3) is 2.88. The molecule has 0 amide bonds. The molecular formula is C12H15N3O2S. The van der Waals surface area contributed by atoms with Gasteiger partial charge in [0.05, 0.1) is 17.4 Å². The van der Waals surface area contributed by atoms with Crippen molar-refractivity contribution >= 4 is 10.0 Å². The fourth-order valence-corrected chi connectivity index (χ4v) is 3.58. The molecule has 18 heavy (non-hydrogen) atoms. The molecule has 1 aliphatic heterocycles. The van der Waals surface area contributed by atoms with Crippen molar-refractivity contribution in [2.45, 2.75) is 18.2 Å². The molecule has 2 N–H and O–H groups in total. The Bertz CT molecular complexity index is 560. The molecule has 1 aliphatic rings. The second-order valence-corrected chi connectivity index (χ2v) is 6.44. The van der Waals surface area contributed by atoms with E-state index in [2.05, 4.69) is 0 Å². The summed E-state index contributed by atoms with van der Waals surface area (Å²) in [6, 6.07) is 8.54. The Morgan fingerprint density at radius 3 is 2.56 bits per heavy atom. The van der Waals surface area contributed by atoms with Gasteiger partial charge >= 0.3 is 0 Å². The van der Waals surface area contributed by atoms with Gasteiger partial charge < -0.3 is 5.73 Å². The van der Waals surface area contributed by atoms with Crippen LogP contribution in [0.4, 0.5) is 0 Å². The summed E-state index contributed by atoms with van der Waals surface area (Å²) in [4.78, 5) is 0. The van der Waals surface area contributed by atoms with Gasteiger partial charge in [-0.2, -0.15) is 5.26 Å². The van der Waals surface area contributed by atoms with Gasteiger partial charge in [0.25, 0.3) is 0 Å². The van der Waals surface area contributed by atoms with Crippen LogP contribution in [-0.2, 0) is 15.8 Å². The van der Waals surface area contributed by atoms with Gasteiger partial charge in [0, 0.05) is 19.1 Å². The zero-order valence-electron chi connectivity index (χ0n) is 9.91. The minimum absolute atomic E-state index is 0.0363. The van der Waals surface area contributed by atoms with Crippen LogP contribution in [-0.4, -0.2) is 31.9 Å². The van der Waals surface area contributed by atoms with Crippen molar-refractivity contribution in [1.29, 1.82) is 5.26 Å². The molecule has 2 rings (SSSR count). The highest BCUT2D eigenvalue weighted by Crippen LogP contribution is 2.17. The number of hydrogen-bond donors (Lipinski definition) is 1. The van der Waals surface area contributed by atoms with Gasteiger partial charge in [0.2, 0.25) is 10.0 Å². The number of nitriles is 1. The summed E-state index contributed by atoms with van der Waals surface area (Å²) in [5.41, 5.74) is 6.93. The quantitative estimate of drug-likeness (QED) is 0.858. The van der Waals surface area contributed by atoms with E-state index >= 15 is 0 Å². The maximum Gasteiger partial charge on any atom is 0.218 e. The molecule has 1 aromatic rings. The van der Waals surface area contributed by atoms with Crippen molar-refractivity contribution in [3.05, 3.63) is 35.4 Å². The topological polar surface area (TPSA) is 87.2 Å². The fourth-order valence-electron chi connectivity index (χ4n) is 1.98. The van der Waals surface area contributed by atoms with Gasteiger partial charge in [-0.25, -0.2) is 12.7 Å². The Kier molecular flexibility index (Phi) is 3.66. The predicted molar refractivity (Wildman–Crippen MR) is 67.9 cm³/mol. The van der Waals surface area contributed by atoms with Crippen LogP contribution in [0.5, 0.6) is 0 Å². The molecule has 0 bridgehead atoms. The Morgan fingerprint density at radius 2 is 2.06 bits per heavy atom. The van der Waals surface area contributed by atoms with Crippen molar-refractivity contribution < 1.29 is 8.42 Å². The summed E-state index contributed by atoms with van der Waals surface area (Å²) >= 11 is 0. The van der Waals surface area contributed by atoms with Gasteiger partial charge in [-0.15, -0.1) is 0 Å². The molecule has 96 valence electrons. The number of sulfonamides is 1. The van der Waals surface area contributed by atoms with Crippen molar-refractivity contribution in [2.24, 2.45) is 5.73 Å². The first-order chi connectivity index (χ1) is 8.51. The second kappa shape index (κ2) is 5.06. The number of benzene rings is 1. The number of rotatable bonds is 3. The summed E-state index contributed by atoms with van der Waals surface area (Å²) in [5, 5.41) is 8.67. The Hall–Kier alpha value is -1.42. The summed E-state index contributed by atoms with van der Waals surface area (Å²) in [5.74, 6) is -0.0363. The number of nitrogens with zero attached hydrogens (tertiary/aromatic N) is 2. The van der Waals surface area contributed by atoms with Crippen LogP contribution in [0.25, 0.3) is 0 Å². The first-order valence-corrected chi connectivity index (χ1v) is 7.34. The summed E-state index contributed by atoms with van der Waals surface area (Å²) < 4.78 is 25.7. The monoisotopic (exact) mass is 265 g/mol. The molecule has 5 nitrogen and oxygen atoms in total. The molecule has 0 aromatic heterocycles. The molecule has 1 saturated heterocycles. The summed E-state index contributed by atoms with van der Waals surface area (Å²) in [7, 11) is -3.30. The highest BCUT2D eigenvalue weighted by atomic mass is 32.2. The average molecular weight is 265 g/mol. The minimum atomic E-state index is -3.30. The van der Waals surface area contributed by atoms with Gasteiger partial charge in [0.15, 0.2) is 0 Å². The lowest BCUT2D eigenvalue weighted by Gasteiger charge is -2.15. The van der Waals surface area contributed by atoms with Crippen molar-refractivity contribution in [1.82, 2.24) is 4.31 Å². The van der Waals surface area contributed by atoms with Gasteiger partial charge in [-0.1, -0.05) is 12.1 Å². The van der Waals surface area contributed by atoms with Crippen molar-refractivity contribution in [2.75, 3.05) is 13.1 Å². The SMILES string of the molecule is N#Cc1ccc(CS(=O)(=O)N2CC[C@@H](N)C2)cc1. The molecule has 0 aliphatic carbocycles. The molecule has 0 unspecified atom stereocenters. The van der Waals surface area contributed by atoms with Crippen molar-refractivity contribution in [3.63, 3.8) is 0 Å². The average Bonchev–Trinajstić information content (AvgIpc) is 2.77. The first kappa shape index (κ1) is 13.0. The van der Waals surface area contributed by atoms with Crippen molar-refractivity contribution in [3.8, 4) is 6.07 Å². The third-order valence-corrected chi connectivity index (χ3v) is 4.83. The molecule has 0 radical (unpaired) electrons. The van der Waals surface area contributed by atoms with Crippen LogP contribution < -0.4 is 5.73 Å². The lowest BCUT2D eigenvalue weighted by molar-refractivity contribution is 0.471. The first-order valence-electron chi connectivity index (χ1n) is 5.74.